The van der Waals surface area contributed by atoms with E-state index in [4.69, 9.17) is 9.15 Å². The van der Waals surface area contributed by atoms with Crippen LogP contribution in [0.4, 0.5) is 0 Å². The van der Waals surface area contributed by atoms with Crippen LogP contribution in [0.2, 0.25) is 0 Å². The highest BCUT2D eigenvalue weighted by atomic mass is 16.5. The molecule has 0 N–H and O–H groups in total. The summed E-state index contributed by atoms with van der Waals surface area (Å²) in [5, 5.41) is 0. The molecule has 1 aromatic rings. The summed E-state index contributed by atoms with van der Waals surface area (Å²) in [6.07, 6.45) is 0.451. The maximum Gasteiger partial charge on any atom is 0.373 e. The molecule has 2 rings (SSSR count). The van der Waals surface area contributed by atoms with E-state index in [1.54, 1.807) is 6.07 Å². The first-order valence-corrected chi connectivity index (χ1v) is 6.13. The van der Waals surface area contributed by atoms with Gasteiger partial charge in [-0.15, -0.1) is 0 Å². The van der Waals surface area contributed by atoms with Gasteiger partial charge in [0.05, 0.1) is 25.9 Å². The number of hydrogen-bond donors (Lipinski definition) is 0. The van der Waals surface area contributed by atoms with Gasteiger partial charge < -0.3 is 13.9 Å². The van der Waals surface area contributed by atoms with Crippen molar-refractivity contribution in [3.05, 3.63) is 23.7 Å². The molecular weight excluding hydrogens is 234 g/mol. The predicted octanol–water partition coefficient (Wildman–Crippen LogP) is 1.68. The summed E-state index contributed by atoms with van der Waals surface area (Å²) >= 11 is 0. The van der Waals surface area contributed by atoms with Crippen LogP contribution in [0, 0.1) is 0 Å². The number of carbonyl (C=O) groups excluding carboxylic acids is 1. The number of hydrogen-bond acceptors (Lipinski definition) is 5. The second kappa shape index (κ2) is 5.54. The van der Waals surface area contributed by atoms with Gasteiger partial charge in [0.2, 0.25) is 5.76 Å². The highest BCUT2D eigenvalue weighted by molar-refractivity contribution is 5.86. The molecule has 0 aromatic carbocycles. The number of carbonyl (C=O) groups is 1. The van der Waals surface area contributed by atoms with E-state index in [0.29, 0.717) is 6.54 Å². The first-order chi connectivity index (χ1) is 8.58. The Labute approximate surface area is 107 Å². The second-order valence-electron chi connectivity index (χ2n) is 4.71. The summed E-state index contributed by atoms with van der Waals surface area (Å²) in [7, 11) is 1.34. The van der Waals surface area contributed by atoms with Crippen molar-refractivity contribution >= 4 is 5.97 Å². The molecule has 0 bridgehead atoms. The van der Waals surface area contributed by atoms with Crippen molar-refractivity contribution in [2.45, 2.75) is 32.6 Å². The molecule has 100 valence electrons. The zero-order chi connectivity index (χ0) is 13.1. The fraction of sp³-hybridized carbons (Fsp3) is 0.615. The molecule has 0 saturated carbocycles. The Morgan fingerprint density at radius 3 is 2.67 bits per heavy atom. The molecule has 0 spiro atoms. The minimum absolute atomic E-state index is 0.226. The third-order valence-corrected chi connectivity index (χ3v) is 2.92. The van der Waals surface area contributed by atoms with Crippen LogP contribution >= 0.6 is 0 Å². The minimum atomic E-state index is -0.440. The Morgan fingerprint density at radius 1 is 1.39 bits per heavy atom. The number of ether oxygens (including phenoxy) is 2. The normalized spacial score (nSPS) is 25.1. The van der Waals surface area contributed by atoms with Gasteiger partial charge in [-0.25, -0.2) is 4.79 Å². The van der Waals surface area contributed by atoms with Crippen LogP contribution in [-0.2, 0) is 16.0 Å². The standard InChI is InChI=1S/C13H19NO4/c1-9-6-14(7-10(2)17-9)8-11-4-5-12(18-11)13(15)16-3/h4-5,9-10H,6-8H2,1-3H3. The Kier molecular flexibility index (Phi) is 4.04. The SMILES string of the molecule is COC(=O)c1ccc(CN2CC(C)OC(C)C2)o1. The molecule has 1 aromatic heterocycles. The third-order valence-electron chi connectivity index (χ3n) is 2.92. The lowest BCUT2D eigenvalue weighted by molar-refractivity contribution is -0.0719. The Balaban J connectivity index is 1.96. The maximum atomic E-state index is 11.3. The van der Waals surface area contributed by atoms with E-state index in [1.807, 2.05) is 6.07 Å². The summed E-state index contributed by atoms with van der Waals surface area (Å²) in [6, 6.07) is 3.46. The third kappa shape index (κ3) is 3.11. The van der Waals surface area contributed by atoms with Crippen molar-refractivity contribution in [3.8, 4) is 0 Å². The van der Waals surface area contributed by atoms with Crippen LogP contribution in [0.15, 0.2) is 16.5 Å². The van der Waals surface area contributed by atoms with Crippen LogP contribution in [0.25, 0.3) is 0 Å². The molecule has 2 heterocycles. The number of furan rings is 1. The van der Waals surface area contributed by atoms with Crippen molar-refractivity contribution in [1.82, 2.24) is 4.90 Å². The Bertz CT molecular complexity index is 405. The lowest BCUT2D eigenvalue weighted by Gasteiger charge is -2.34. The number of methoxy groups -OCH3 is 1. The molecule has 1 aliphatic rings. The molecule has 5 nitrogen and oxygen atoms in total. The molecule has 1 saturated heterocycles. The summed E-state index contributed by atoms with van der Waals surface area (Å²) < 4.78 is 15.7. The summed E-state index contributed by atoms with van der Waals surface area (Å²) in [5.41, 5.74) is 0. The maximum absolute atomic E-state index is 11.3. The number of nitrogens with zero attached hydrogens (tertiary/aromatic N) is 1. The fourth-order valence-corrected chi connectivity index (χ4v) is 2.31. The Hall–Kier alpha value is -1.33. The van der Waals surface area contributed by atoms with Gasteiger partial charge in [0.25, 0.3) is 0 Å². The van der Waals surface area contributed by atoms with Crippen molar-refractivity contribution < 1.29 is 18.7 Å². The van der Waals surface area contributed by atoms with E-state index in [0.717, 1.165) is 18.8 Å². The zero-order valence-electron chi connectivity index (χ0n) is 11.0. The van der Waals surface area contributed by atoms with Gasteiger partial charge in [0, 0.05) is 13.1 Å². The number of rotatable bonds is 3. The molecule has 0 aliphatic carbocycles. The van der Waals surface area contributed by atoms with Crippen LogP contribution in [0.3, 0.4) is 0 Å². The van der Waals surface area contributed by atoms with Crippen molar-refractivity contribution in [2.24, 2.45) is 0 Å². The van der Waals surface area contributed by atoms with Gasteiger partial charge in [-0.05, 0) is 26.0 Å². The number of morpholine rings is 1. The van der Waals surface area contributed by atoms with E-state index in [1.165, 1.54) is 7.11 Å². The van der Waals surface area contributed by atoms with Gasteiger partial charge in [-0.3, -0.25) is 4.90 Å². The molecule has 0 amide bonds. The van der Waals surface area contributed by atoms with Crippen LogP contribution < -0.4 is 0 Å². The van der Waals surface area contributed by atoms with Gasteiger partial charge in [-0.2, -0.15) is 0 Å². The highest BCUT2D eigenvalue weighted by Gasteiger charge is 2.23. The quantitative estimate of drug-likeness (QED) is 0.767. The molecule has 1 aliphatic heterocycles. The lowest BCUT2D eigenvalue weighted by atomic mass is 10.2. The molecule has 0 radical (unpaired) electrons. The second-order valence-corrected chi connectivity index (χ2v) is 4.71. The first kappa shape index (κ1) is 13.1. The average Bonchev–Trinajstić information content (AvgIpc) is 2.75. The minimum Gasteiger partial charge on any atom is -0.463 e. The van der Waals surface area contributed by atoms with E-state index in [2.05, 4.69) is 23.5 Å². The van der Waals surface area contributed by atoms with Crippen molar-refractivity contribution in [1.29, 1.82) is 0 Å². The van der Waals surface area contributed by atoms with Gasteiger partial charge >= 0.3 is 5.97 Å². The van der Waals surface area contributed by atoms with Crippen molar-refractivity contribution in [2.75, 3.05) is 20.2 Å². The monoisotopic (exact) mass is 253 g/mol. The molecule has 2 atom stereocenters. The smallest absolute Gasteiger partial charge is 0.373 e. The van der Waals surface area contributed by atoms with Crippen LogP contribution in [0.5, 0.6) is 0 Å². The molecule has 1 fully saturated rings. The molecular formula is C13H19NO4. The zero-order valence-corrected chi connectivity index (χ0v) is 11.0. The van der Waals surface area contributed by atoms with Crippen molar-refractivity contribution in [3.63, 3.8) is 0 Å². The highest BCUT2D eigenvalue weighted by Crippen LogP contribution is 2.16. The largest absolute Gasteiger partial charge is 0.463 e. The number of esters is 1. The predicted molar refractivity (Wildman–Crippen MR) is 65.3 cm³/mol. The van der Waals surface area contributed by atoms with Crippen LogP contribution in [0.1, 0.15) is 30.2 Å². The fourth-order valence-electron chi connectivity index (χ4n) is 2.31. The summed E-state index contributed by atoms with van der Waals surface area (Å²) in [6.45, 7) is 6.56. The lowest BCUT2D eigenvalue weighted by Crippen LogP contribution is -2.44. The van der Waals surface area contributed by atoms with E-state index >= 15 is 0 Å². The Morgan fingerprint density at radius 2 is 2.06 bits per heavy atom. The summed E-state index contributed by atoms with van der Waals surface area (Å²) in [4.78, 5) is 13.5. The first-order valence-electron chi connectivity index (χ1n) is 6.13. The topological polar surface area (TPSA) is 51.9 Å². The van der Waals surface area contributed by atoms with Crippen LogP contribution in [-0.4, -0.2) is 43.3 Å². The van der Waals surface area contributed by atoms with E-state index in [9.17, 15) is 4.79 Å². The van der Waals surface area contributed by atoms with E-state index < -0.39 is 5.97 Å². The summed E-state index contributed by atoms with van der Waals surface area (Å²) in [5.74, 6) is 0.587. The molecule has 5 heteroatoms. The molecule has 2 unspecified atom stereocenters. The average molecular weight is 253 g/mol. The van der Waals surface area contributed by atoms with E-state index in [-0.39, 0.29) is 18.0 Å². The van der Waals surface area contributed by atoms with Gasteiger partial charge in [0.15, 0.2) is 0 Å². The van der Waals surface area contributed by atoms with Gasteiger partial charge in [0.1, 0.15) is 5.76 Å². The van der Waals surface area contributed by atoms with Gasteiger partial charge in [-0.1, -0.05) is 0 Å². The molecule has 18 heavy (non-hydrogen) atoms.